The average Bonchev–Trinajstić information content (AvgIpc) is 2.58. The minimum Gasteiger partial charge on any atom is -0.250 e. The number of aromatic nitrogens is 3. The molecule has 2 rings (SSSR count). The molecule has 4 nitrogen and oxygen atoms in total. The van der Waals surface area contributed by atoms with Crippen molar-refractivity contribution < 1.29 is 4.39 Å². The van der Waals surface area contributed by atoms with Crippen LogP contribution in [0.5, 0.6) is 0 Å². The Labute approximate surface area is 110 Å². The second-order valence-corrected chi connectivity index (χ2v) is 4.60. The standard InChI is InChI=1S/C10H8BrFN4S/c1-6-14-15-10(17)16(6)13-5-7-2-3-8(11)4-9(7)12/h2-5H,1H3,(H,15,17)/b13-5-. The van der Waals surface area contributed by atoms with Gasteiger partial charge >= 0.3 is 0 Å². The van der Waals surface area contributed by atoms with Crippen LogP contribution in [0.15, 0.2) is 27.8 Å². The lowest BCUT2D eigenvalue weighted by atomic mass is 10.2. The number of aryl methyl sites for hydroxylation is 1. The first-order chi connectivity index (χ1) is 8.08. The zero-order valence-electron chi connectivity index (χ0n) is 8.82. The first-order valence-corrected chi connectivity index (χ1v) is 5.91. The van der Waals surface area contributed by atoms with E-state index in [1.54, 1.807) is 19.1 Å². The van der Waals surface area contributed by atoms with Crippen LogP contribution >= 0.6 is 28.1 Å². The highest BCUT2D eigenvalue weighted by Crippen LogP contribution is 2.13. The molecule has 0 fully saturated rings. The van der Waals surface area contributed by atoms with Crippen molar-refractivity contribution in [3.63, 3.8) is 0 Å². The quantitative estimate of drug-likeness (QED) is 0.684. The van der Waals surface area contributed by atoms with Gasteiger partial charge in [-0.2, -0.15) is 14.9 Å². The van der Waals surface area contributed by atoms with E-state index < -0.39 is 0 Å². The summed E-state index contributed by atoms with van der Waals surface area (Å²) in [6.45, 7) is 1.75. The Morgan fingerprint density at radius 2 is 2.35 bits per heavy atom. The van der Waals surface area contributed by atoms with Gasteiger partial charge in [0.15, 0.2) is 0 Å². The van der Waals surface area contributed by atoms with E-state index in [2.05, 4.69) is 31.2 Å². The highest BCUT2D eigenvalue weighted by molar-refractivity contribution is 9.10. The van der Waals surface area contributed by atoms with Gasteiger partial charge in [-0.3, -0.25) is 5.10 Å². The zero-order valence-corrected chi connectivity index (χ0v) is 11.2. The van der Waals surface area contributed by atoms with E-state index in [-0.39, 0.29) is 5.82 Å². The molecule has 0 bridgehead atoms. The smallest absolute Gasteiger partial charge is 0.216 e. The molecule has 7 heteroatoms. The van der Waals surface area contributed by atoms with Crippen molar-refractivity contribution in [2.75, 3.05) is 0 Å². The molecule has 1 aromatic carbocycles. The maximum absolute atomic E-state index is 13.5. The highest BCUT2D eigenvalue weighted by atomic mass is 79.9. The highest BCUT2D eigenvalue weighted by Gasteiger charge is 2.01. The molecule has 88 valence electrons. The topological polar surface area (TPSA) is 46.0 Å². The summed E-state index contributed by atoms with van der Waals surface area (Å²) in [7, 11) is 0. The summed E-state index contributed by atoms with van der Waals surface area (Å²) in [4.78, 5) is 0. The van der Waals surface area contributed by atoms with E-state index in [0.29, 0.717) is 20.6 Å². The van der Waals surface area contributed by atoms with Gasteiger partial charge in [0.1, 0.15) is 11.6 Å². The van der Waals surface area contributed by atoms with Crippen molar-refractivity contribution in [1.82, 2.24) is 14.9 Å². The largest absolute Gasteiger partial charge is 0.250 e. The van der Waals surface area contributed by atoms with Crippen LogP contribution in [0.25, 0.3) is 0 Å². The van der Waals surface area contributed by atoms with Gasteiger partial charge in [0.05, 0.1) is 6.21 Å². The molecule has 1 N–H and O–H groups in total. The van der Waals surface area contributed by atoms with Crippen LogP contribution in [0, 0.1) is 17.5 Å². The number of hydrogen-bond acceptors (Lipinski definition) is 3. The van der Waals surface area contributed by atoms with E-state index in [1.165, 1.54) is 17.0 Å². The van der Waals surface area contributed by atoms with Crippen LogP contribution in [0.2, 0.25) is 0 Å². The molecule has 0 atom stereocenters. The molecule has 0 aliphatic carbocycles. The summed E-state index contributed by atoms with van der Waals surface area (Å²) in [6.07, 6.45) is 1.40. The van der Waals surface area contributed by atoms with Gasteiger partial charge in [-0.05, 0) is 37.3 Å². The van der Waals surface area contributed by atoms with Crippen molar-refractivity contribution in [3.8, 4) is 0 Å². The molecule has 0 saturated carbocycles. The van der Waals surface area contributed by atoms with E-state index in [1.807, 2.05) is 0 Å². The third-order valence-corrected chi connectivity index (χ3v) is 2.84. The first-order valence-electron chi connectivity index (χ1n) is 4.71. The van der Waals surface area contributed by atoms with Gasteiger partial charge in [0.25, 0.3) is 0 Å². The molecule has 0 radical (unpaired) electrons. The molecule has 1 heterocycles. The predicted octanol–water partition coefficient (Wildman–Crippen LogP) is 3.03. The normalized spacial score (nSPS) is 11.2. The van der Waals surface area contributed by atoms with Gasteiger partial charge in [-0.25, -0.2) is 4.39 Å². The van der Waals surface area contributed by atoms with E-state index in [0.717, 1.165) is 0 Å². The number of hydrogen-bond donors (Lipinski definition) is 1. The summed E-state index contributed by atoms with van der Waals surface area (Å²) in [5.41, 5.74) is 0.385. The molecule has 0 saturated heterocycles. The van der Waals surface area contributed by atoms with Crippen molar-refractivity contribution in [3.05, 3.63) is 44.6 Å². The number of nitrogens with one attached hydrogen (secondary N) is 1. The number of nitrogens with zero attached hydrogens (tertiary/aromatic N) is 3. The van der Waals surface area contributed by atoms with Crippen LogP contribution in [0.1, 0.15) is 11.4 Å². The number of halogens is 2. The minimum atomic E-state index is -0.351. The Balaban J connectivity index is 2.36. The molecule has 17 heavy (non-hydrogen) atoms. The Kier molecular flexibility index (Phi) is 3.49. The van der Waals surface area contributed by atoms with Crippen molar-refractivity contribution in [2.24, 2.45) is 5.10 Å². The molecule has 0 aliphatic heterocycles. The number of benzene rings is 1. The van der Waals surface area contributed by atoms with Gasteiger partial charge < -0.3 is 0 Å². The van der Waals surface area contributed by atoms with E-state index >= 15 is 0 Å². The maximum atomic E-state index is 13.5. The first kappa shape index (κ1) is 12.1. The second-order valence-electron chi connectivity index (χ2n) is 3.30. The van der Waals surface area contributed by atoms with Gasteiger partial charge in [-0.1, -0.05) is 15.9 Å². The van der Waals surface area contributed by atoms with E-state index in [4.69, 9.17) is 12.2 Å². The number of rotatable bonds is 2. The lowest BCUT2D eigenvalue weighted by Crippen LogP contribution is -1.95. The summed E-state index contributed by atoms with van der Waals surface area (Å²) in [5, 5.41) is 10.6. The zero-order chi connectivity index (χ0) is 12.4. The fourth-order valence-electron chi connectivity index (χ4n) is 1.23. The van der Waals surface area contributed by atoms with Gasteiger partial charge in [0, 0.05) is 10.0 Å². The van der Waals surface area contributed by atoms with Gasteiger partial charge in [0.2, 0.25) is 4.77 Å². The Bertz CT molecular complexity index is 631. The Morgan fingerprint density at radius 3 is 2.94 bits per heavy atom. The number of H-pyrrole nitrogens is 1. The molecule has 0 unspecified atom stereocenters. The Morgan fingerprint density at radius 1 is 1.59 bits per heavy atom. The van der Waals surface area contributed by atoms with Crippen molar-refractivity contribution in [2.45, 2.75) is 6.92 Å². The molecule has 2 aromatic rings. The van der Waals surface area contributed by atoms with Crippen molar-refractivity contribution >= 4 is 34.4 Å². The second kappa shape index (κ2) is 4.89. The summed E-state index contributed by atoms with van der Waals surface area (Å²) < 4.78 is 16.0. The lowest BCUT2D eigenvalue weighted by Gasteiger charge is -1.98. The number of aromatic amines is 1. The Hall–Kier alpha value is -1.34. The maximum Gasteiger partial charge on any atom is 0.216 e. The van der Waals surface area contributed by atoms with Crippen LogP contribution in [-0.4, -0.2) is 21.1 Å². The lowest BCUT2D eigenvalue weighted by molar-refractivity contribution is 0.624. The van der Waals surface area contributed by atoms with Crippen LogP contribution in [-0.2, 0) is 0 Å². The molecular weight excluding hydrogens is 307 g/mol. The third-order valence-electron chi connectivity index (χ3n) is 2.09. The molecule has 0 spiro atoms. The average molecular weight is 315 g/mol. The molecular formula is C10H8BrFN4S. The molecule has 1 aromatic heterocycles. The van der Waals surface area contributed by atoms with Crippen LogP contribution < -0.4 is 0 Å². The third kappa shape index (κ3) is 2.67. The molecule has 0 amide bonds. The summed E-state index contributed by atoms with van der Waals surface area (Å²) in [6, 6.07) is 4.75. The molecule has 0 aliphatic rings. The monoisotopic (exact) mass is 314 g/mol. The van der Waals surface area contributed by atoms with Crippen LogP contribution in [0.4, 0.5) is 4.39 Å². The summed E-state index contributed by atoms with van der Waals surface area (Å²) >= 11 is 8.16. The summed E-state index contributed by atoms with van der Waals surface area (Å²) in [5.74, 6) is 0.263. The van der Waals surface area contributed by atoms with Crippen molar-refractivity contribution in [1.29, 1.82) is 0 Å². The van der Waals surface area contributed by atoms with Crippen LogP contribution in [0.3, 0.4) is 0 Å². The fourth-order valence-corrected chi connectivity index (χ4v) is 1.79. The fraction of sp³-hybridized carbons (Fsp3) is 0.100. The SMILES string of the molecule is Cc1n[nH]c(=S)n1/N=C\c1ccc(Br)cc1F. The van der Waals surface area contributed by atoms with Gasteiger partial charge in [-0.15, -0.1) is 0 Å². The predicted molar refractivity (Wildman–Crippen MR) is 69.2 cm³/mol. The minimum absolute atomic E-state index is 0.351. The van der Waals surface area contributed by atoms with E-state index in [9.17, 15) is 4.39 Å².